The van der Waals surface area contributed by atoms with Gasteiger partial charge in [0.1, 0.15) is 0 Å². The maximum atomic E-state index is 11.3. The number of imidazole rings is 1. The minimum Gasteiger partial charge on any atom is -0.476 e. The van der Waals surface area contributed by atoms with Crippen molar-refractivity contribution in [1.82, 2.24) is 24.5 Å². The number of carboxylic acid groups (broad SMARTS) is 1. The fraction of sp³-hybridized carbons (Fsp3) is 0.571. The Bertz CT molecular complexity index is 676. The highest BCUT2D eigenvalue weighted by atomic mass is 16.4. The van der Waals surface area contributed by atoms with Gasteiger partial charge in [0.2, 0.25) is 0 Å². The molecule has 1 N–H and O–H groups in total. The average molecular weight is 289 g/mol. The van der Waals surface area contributed by atoms with Crippen LogP contribution in [0.3, 0.4) is 0 Å². The van der Waals surface area contributed by atoms with Crippen LogP contribution in [0.1, 0.15) is 61.5 Å². The zero-order chi connectivity index (χ0) is 15.2. The Labute approximate surface area is 122 Å². The summed E-state index contributed by atoms with van der Waals surface area (Å²) in [6.07, 6.45) is 5.99. The molecule has 21 heavy (non-hydrogen) atoms. The molecule has 0 aromatic carbocycles. The quantitative estimate of drug-likeness (QED) is 0.928. The predicted octanol–water partition coefficient (Wildman–Crippen LogP) is 1.85. The number of aromatic nitrogens is 5. The van der Waals surface area contributed by atoms with Crippen LogP contribution in [0.4, 0.5) is 0 Å². The van der Waals surface area contributed by atoms with Crippen molar-refractivity contribution in [3.05, 3.63) is 29.6 Å². The van der Waals surface area contributed by atoms with Crippen LogP contribution in [0.15, 0.2) is 12.5 Å². The number of carboxylic acids is 1. The van der Waals surface area contributed by atoms with Crippen molar-refractivity contribution in [3.8, 4) is 0 Å². The Morgan fingerprint density at radius 3 is 2.71 bits per heavy atom. The topological polar surface area (TPSA) is 85.8 Å². The summed E-state index contributed by atoms with van der Waals surface area (Å²) in [6, 6.07) is 0.531. The molecule has 2 aromatic rings. The maximum Gasteiger partial charge on any atom is 0.358 e. The van der Waals surface area contributed by atoms with Crippen molar-refractivity contribution < 1.29 is 9.90 Å². The van der Waals surface area contributed by atoms with Crippen LogP contribution in [0, 0.1) is 0 Å². The van der Waals surface area contributed by atoms with Gasteiger partial charge in [-0.2, -0.15) is 0 Å². The molecule has 0 spiro atoms. The maximum absolute atomic E-state index is 11.3. The largest absolute Gasteiger partial charge is 0.476 e. The number of nitrogens with zero attached hydrogens (tertiary/aromatic N) is 5. The van der Waals surface area contributed by atoms with E-state index in [1.54, 1.807) is 4.68 Å². The van der Waals surface area contributed by atoms with E-state index in [1.165, 1.54) is 12.8 Å². The average Bonchev–Trinajstić information content (AvgIpc) is 2.96. The molecule has 3 rings (SSSR count). The van der Waals surface area contributed by atoms with Gasteiger partial charge in [-0.3, -0.25) is 0 Å². The number of rotatable bonds is 4. The van der Waals surface area contributed by atoms with Gasteiger partial charge in [0, 0.05) is 11.5 Å². The standard InChI is InChI=1S/C14H19N5O2/c1-14(2,3)12-11(13(20)21)16-17-19(12)7-10-6-15-8-18(10)9-4-5-9/h6,8-9H,4-5,7H2,1-3H3,(H,20,21). The van der Waals surface area contributed by atoms with Crippen molar-refractivity contribution in [2.24, 2.45) is 0 Å². The second kappa shape index (κ2) is 4.68. The van der Waals surface area contributed by atoms with Crippen LogP contribution >= 0.6 is 0 Å². The third-order valence-electron chi connectivity index (χ3n) is 3.65. The SMILES string of the molecule is CC(C)(C)c1c(C(=O)O)nnn1Cc1cncn1C1CC1. The Morgan fingerprint density at radius 2 is 2.14 bits per heavy atom. The first kappa shape index (κ1) is 13.8. The van der Waals surface area contributed by atoms with Crippen LogP contribution in [0.2, 0.25) is 0 Å². The van der Waals surface area contributed by atoms with Crippen LogP contribution in [0.5, 0.6) is 0 Å². The van der Waals surface area contributed by atoms with Gasteiger partial charge in [-0.25, -0.2) is 14.5 Å². The van der Waals surface area contributed by atoms with E-state index >= 15 is 0 Å². The molecule has 0 atom stereocenters. The molecule has 1 fully saturated rings. The molecule has 2 heterocycles. The molecule has 0 unspecified atom stereocenters. The molecule has 112 valence electrons. The smallest absolute Gasteiger partial charge is 0.358 e. The van der Waals surface area contributed by atoms with Crippen molar-refractivity contribution in [2.45, 2.75) is 51.6 Å². The molecule has 1 aliphatic carbocycles. The minimum absolute atomic E-state index is 0.0278. The van der Waals surface area contributed by atoms with E-state index in [1.807, 2.05) is 33.3 Å². The summed E-state index contributed by atoms with van der Waals surface area (Å²) >= 11 is 0. The second-order valence-corrected chi connectivity index (χ2v) is 6.52. The van der Waals surface area contributed by atoms with Gasteiger partial charge in [0.05, 0.1) is 30.5 Å². The zero-order valence-corrected chi connectivity index (χ0v) is 12.4. The van der Waals surface area contributed by atoms with Crippen LogP contribution in [-0.2, 0) is 12.0 Å². The van der Waals surface area contributed by atoms with Gasteiger partial charge in [-0.05, 0) is 12.8 Å². The minimum atomic E-state index is -1.04. The molecule has 0 aliphatic heterocycles. The van der Waals surface area contributed by atoms with E-state index < -0.39 is 5.97 Å². The first-order valence-corrected chi connectivity index (χ1v) is 7.06. The summed E-state index contributed by atoms with van der Waals surface area (Å²) in [7, 11) is 0. The van der Waals surface area contributed by atoms with Crippen LogP contribution in [-0.4, -0.2) is 35.6 Å². The summed E-state index contributed by atoms with van der Waals surface area (Å²) in [5.74, 6) is -1.04. The number of aromatic carboxylic acids is 1. The van der Waals surface area contributed by atoms with E-state index in [0.29, 0.717) is 18.3 Å². The van der Waals surface area contributed by atoms with Crippen LogP contribution in [0.25, 0.3) is 0 Å². The summed E-state index contributed by atoms with van der Waals surface area (Å²) in [5.41, 5.74) is 1.35. The molecule has 0 amide bonds. The summed E-state index contributed by atoms with van der Waals surface area (Å²) in [6.45, 7) is 6.38. The summed E-state index contributed by atoms with van der Waals surface area (Å²) in [4.78, 5) is 15.5. The predicted molar refractivity (Wildman–Crippen MR) is 75.3 cm³/mol. The first-order chi connectivity index (χ1) is 9.88. The molecular formula is C14H19N5O2. The first-order valence-electron chi connectivity index (χ1n) is 7.06. The molecule has 0 radical (unpaired) electrons. The van der Waals surface area contributed by atoms with Crippen LogP contribution < -0.4 is 0 Å². The number of hydrogen-bond acceptors (Lipinski definition) is 4. The van der Waals surface area contributed by atoms with Gasteiger partial charge in [0.25, 0.3) is 0 Å². The lowest BCUT2D eigenvalue weighted by molar-refractivity contribution is 0.0687. The molecule has 1 saturated carbocycles. The van der Waals surface area contributed by atoms with E-state index in [0.717, 1.165) is 5.69 Å². The van der Waals surface area contributed by atoms with Gasteiger partial charge in [0.15, 0.2) is 5.69 Å². The lowest BCUT2D eigenvalue weighted by Gasteiger charge is -2.20. The molecular weight excluding hydrogens is 270 g/mol. The zero-order valence-electron chi connectivity index (χ0n) is 12.4. The Kier molecular flexibility index (Phi) is 3.07. The van der Waals surface area contributed by atoms with Crippen molar-refractivity contribution >= 4 is 5.97 Å². The third-order valence-corrected chi connectivity index (χ3v) is 3.65. The number of carbonyl (C=O) groups is 1. The molecule has 7 nitrogen and oxygen atoms in total. The Morgan fingerprint density at radius 1 is 1.43 bits per heavy atom. The molecule has 0 saturated heterocycles. The monoisotopic (exact) mass is 289 g/mol. The van der Waals surface area contributed by atoms with Crippen molar-refractivity contribution in [2.75, 3.05) is 0 Å². The van der Waals surface area contributed by atoms with Gasteiger partial charge < -0.3 is 9.67 Å². The van der Waals surface area contributed by atoms with E-state index in [-0.39, 0.29) is 11.1 Å². The van der Waals surface area contributed by atoms with Crippen molar-refractivity contribution in [1.29, 1.82) is 0 Å². The third kappa shape index (κ3) is 2.55. The van der Waals surface area contributed by atoms with E-state index in [2.05, 4.69) is 19.9 Å². The Hall–Kier alpha value is -2.18. The van der Waals surface area contributed by atoms with E-state index in [4.69, 9.17) is 0 Å². The molecule has 7 heteroatoms. The second-order valence-electron chi connectivity index (χ2n) is 6.52. The molecule has 0 bridgehead atoms. The van der Waals surface area contributed by atoms with Crippen molar-refractivity contribution in [3.63, 3.8) is 0 Å². The number of hydrogen-bond donors (Lipinski definition) is 1. The lowest BCUT2D eigenvalue weighted by Crippen LogP contribution is -2.22. The highest BCUT2D eigenvalue weighted by molar-refractivity contribution is 5.86. The summed E-state index contributed by atoms with van der Waals surface area (Å²) in [5, 5.41) is 17.2. The van der Waals surface area contributed by atoms with E-state index in [9.17, 15) is 9.90 Å². The normalized spacial score (nSPS) is 15.4. The molecule has 1 aliphatic rings. The fourth-order valence-electron chi connectivity index (χ4n) is 2.60. The highest BCUT2D eigenvalue weighted by Gasteiger charge is 2.30. The molecule has 2 aromatic heterocycles. The highest BCUT2D eigenvalue weighted by Crippen LogP contribution is 2.36. The lowest BCUT2D eigenvalue weighted by atomic mass is 9.90. The summed E-state index contributed by atoms with van der Waals surface area (Å²) < 4.78 is 3.83. The van der Waals surface area contributed by atoms with Gasteiger partial charge in [-0.15, -0.1) is 5.10 Å². The fourth-order valence-corrected chi connectivity index (χ4v) is 2.60. The van der Waals surface area contributed by atoms with Gasteiger partial charge >= 0.3 is 5.97 Å². The van der Waals surface area contributed by atoms with Gasteiger partial charge in [-0.1, -0.05) is 26.0 Å². The Balaban J connectivity index is 1.98.